The molecule has 0 bridgehead atoms. The first-order valence-corrected chi connectivity index (χ1v) is 13.0. The maximum absolute atomic E-state index is 13.9. The number of carbonyl (C=O) groups is 3. The molecular formula is C31H29N3O5. The zero-order chi connectivity index (χ0) is 27.1. The molecule has 8 nitrogen and oxygen atoms in total. The number of rotatable bonds is 6. The van der Waals surface area contributed by atoms with E-state index in [0.717, 1.165) is 39.0 Å². The van der Waals surface area contributed by atoms with Gasteiger partial charge in [-0.25, -0.2) is 4.79 Å². The number of hydrogen-bond acceptors (Lipinski definition) is 5. The monoisotopic (exact) mass is 523 g/mol. The lowest BCUT2D eigenvalue weighted by molar-refractivity contribution is -0.158. The number of esters is 1. The van der Waals surface area contributed by atoms with Crippen LogP contribution in [0.15, 0.2) is 72.8 Å². The number of carbonyl (C=O) groups excluding carboxylic acids is 3. The second-order valence-electron chi connectivity index (χ2n) is 9.96. The number of ether oxygens (including phenoxy) is 2. The van der Waals surface area contributed by atoms with Gasteiger partial charge < -0.3 is 24.3 Å². The van der Waals surface area contributed by atoms with Crippen LogP contribution in [-0.2, 0) is 27.2 Å². The van der Waals surface area contributed by atoms with E-state index in [1.807, 2.05) is 60.7 Å². The minimum absolute atomic E-state index is 0.0256. The predicted molar refractivity (Wildman–Crippen MR) is 146 cm³/mol. The first kappa shape index (κ1) is 24.7. The number of fused-ring (bicyclic) bond motifs is 4. The lowest BCUT2D eigenvalue weighted by Crippen LogP contribution is -2.63. The topological polar surface area (TPSA) is 91.9 Å². The van der Waals surface area contributed by atoms with Gasteiger partial charge in [0.25, 0.3) is 0 Å². The van der Waals surface area contributed by atoms with Crippen molar-refractivity contribution in [2.45, 2.75) is 24.9 Å². The number of H-pyrrole nitrogens is 1. The summed E-state index contributed by atoms with van der Waals surface area (Å²) >= 11 is 0. The van der Waals surface area contributed by atoms with E-state index in [2.05, 4.69) is 4.98 Å². The van der Waals surface area contributed by atoms with Gasteiger partial charge in [0.05, 0.1) is 32.4 Å². The van der Waals surface area contributed by atoms with Crippen molar-refractivity contribution >= 4 is 28.7 Å². The summed E-state index contributed by atoms with van der Waals surface area (Å²) in [6.07, 6.45) is 1.09. The Balaban J connectivity index is 1.35. The van der Waals surface area contributed by atoms with Gasteiger partial charge >= 0.3 is 5.97 Å². The SMILES string of the molecule is COC(=O)c1ccc(C2c3[nH]c4ccccc4c3CC3C(=O)N(CCc4ccc(OC)cc4)CC(=O)N32)cc1. The van der Waals surface area contributed by atoms with Crippen LogP contribution in [0, 0.1) is 0 Å². The summed E-state index contributed by atoms with van der Waals surface area (Å²) in [5.41, 5.74) is 5.25. The second kappa shape index (κ2) is 9.94. The number of aromatic nitrogens is 1. The van der Waals surface area contributed by atoms with Crippen molar-refractivity contribution in [1.82, 2.24) is 14.8 Å². The van der Waals surface area contributed by atoms with Crippen molar-refractivity contribution < 1.29 is 23.9 Å². The molecule has 2 unspecified atom stereocenters. The van der Waals surface area contributed by atoms with Crippen molar-refractivity contribution in [3.63, 3.8) is 0 Å². The van der Waals surface area contributed by atoms with Crippen LogP contribution in [0.4, 0.5) is 0 Å². The first-order chi connectivity index (χ1) is 19.0. The van der Waals surface area contributed by atoms with E-state index in [0.29, 0.717) is 24.9 Å². The van der Waals surface area contributed by atoms with Crippen LogP contribution in [0.1, 0.15) is 38.8 Å². The molecule has 2 amide bonds. The fourth-order valence-corrected chi connectivity index (χ4v) is 5.83. The quantitative estimate of drug-likeness (QED) is 0.387. The fraction of sp³-hybridized carbons (Fsp3) is 0.258. The van der Waals surface area contributed by atoms with Crippen molar-refractivity contribution in [3.8, 4) is 5.75 Å². The summed E-state index contributed by atoms with van der Waals surface area (Å²) in [5.74, 6) is 0.211. The van der Waals surface area contributed by atoms with Crippen LogP contribution in [0.25, 0.3) is 10.9 Å². The molecule has 0 aliphatic carbocycles. The van der Waals surface area contributed by atoms with E-state index >= 15 is 0 Å². The Morgan fingerprint density at radius 3 is 2.44 bits per heavy atom. The van der Waals surface area contributed by atoms with Gasteiger partial charge in [0, 0.05) is 29.6 Å². The lowest BCUT2D eigenvalue weighted by Gasteiger charge is -2.47. The molecule has 3 aromatic carbocycles. The molecule has 2 atom stereocenters. The Kier molecular flexibility index (Phi) is 6.30. The van der Waals surface area contributed by atoms with Gasteiger partial charge in [-0.3, -0.25) is 9.59 Å². The predicted octanol–water partition coefficient (Wildman–Crippen LogP) is 3.89. The number of nitrogens with zero attached hydrogens (tertiary/aromatic N) is 2. The summed E-state index contributed by atoms with van der Waals surface area (Å²) in [4.78, 5) is 46.6. The Morgan fingerprint density at radius 2 is 1.72 bits per heavy atom. The van der Waals surface area contributed by atoms with Gasteiger partial charge in [-0.1, -0.05) is 42.5 Å². The van der Waals surface area contributed by atoms with Crippen molar-refractivity contribution in [3.05, 3.63) is 101 Å². The van der Waals surface area contributed by atoms with Crippen LogP contribution in [0.5, 0.6) is 5.75 Å². The van der Waals surface area contributed by atoms with Crippen molar-refractivity contribution in [2.24, 2.45) is 0 Å². The average Bonchev–Trinajstić information content (AvgIpc) is 3.35. The summed E-state index contributed by atoms with van der Waals surface area (Å²) in [6, 6.07) is 21.8. The lowest BCUT2D eigenvalue weighted by atomic mass is 9.86. The molecule has 1 aromatic heterocycles. The normalized spacial score (nSPS) is 18.6. The van der Waals surface area contributed by atoms with Crippen LogP contribution >= 0.6 is 0 Å². The van der Waals surface area contributed by atoms with E-state index in [4.69, 9.17) is 9.47 Å². The second-order valence-corrected chi connectivity index (χ2v) is 9.96. The van der Waals surface area contributed by atoms with E-state index < -0.39 is 18.1 Å². The summed E-state index contributed by atoms with van der Waals surface area (Å²) in [7, 11) is 2.97. The fourth-order valence-electron chi connectivity index (χ4n) is 5.83. The highest BCUT2D eigenvalue weighted by Crippen LogP contribution is 2.42. The summed E-state index contributed by atoms with van der Waals surface area (Å²) < 4.78 is 10.1. The van der Waals surface area contributed by atoms with Crippen LogP contribution in [0.3, 0.4) is 0 Å². The van der Waals surface area contributed by atoms with E-state index in [1.54, 1.807) is 29.0 Å². The third-order valence-corrected chi connectivity index (χ3v) is 7.82. The Bertz CT molecular complexity index is 1560. The van der Waals surface area contributed by atoms with Crippen molar-refractivity contribution in [1.29, 1.82) is 0 Å². The molecule has 4 aromatic rings. The molecule has 1 N–H and O–H groups in total. The highest BCUT2D eigenvalue weighted by Gasteiger charge is 2.48. The van der Waals surface area contributed by atoms with Gasteiger partial charge in [0.15, 0.2) is 0 Å². The molecule has 0 radical (unpaired) electrons. The molecule has 8 heteroatoms. The molecule has 3 heterocycles. The molecule has 6 rings (SSSR count). The number of para-hydroxylation sites is 1. The van der Waals surface area contributed by atoms with E-state index in [9.17, 15) is 14.4 Å². The van der Waals surface area contributed by atoms with Crippen molar-refractivity contribution in [2.75, 3.05) is 27.3 Å². The molecule has 1 saturated heterocycles. The molecule has 39 heavy (non-hydrogen) atoms. The Labute approximate surface area is 226 Å². The van der Waals surface area contributed by atoms with E-state index in [-0.39, 0.29) is 18.4 Å². The van der Waals surface area contributed by atoms with Crippen LogP contribution < -0.4 is 4.74 Å². The number of aromatic amines is 1. The molecule has 2 aliphatic heterocycles. The minimum atomic E-state index is -0.612. The van der Waals surface area contributed by atoms with Gasteiger partial charge in [0.2, 0.25) is 11.8 Å². The largest absolute Gasteiger partial charge is 0.497 e. The highest BCUT2D eigenvalue weighted by atomic mass is 16.5. The molecule has 2 aliphatic rings. The maximum atomic E-state index is 13.9. The Morgan fingerprint density at radius 1 is 0.974 bits per heavy atom. The number of amides is 2. The first-order valence-electron chi connectivity index (χ1n) is 13.0. The van der Waals surface area contributed by atoms with Crippen LogP contribution in [0.2, 0.25) is 0 Å². The number of benzene rings is 3. The number of piperazine rings is 1. The molecular weight excluding hydrogens is 494 g/mol. The van der Waals surface area contributed by atoms with Gasteiger partial charge in [0.1, 0.15) is 11.8 Å². The maximum Gasteiger partial charge on any atom is 0.337 e. The number of nitrogens with one attached hydrogen (secondary N) is 1. The zero-order valence-corrected chi connectivity index (χ0v) is 21.8. The minimum Gasteiger partial charge on any atom is -0.497 e. The molecule has 0 saturated carbocycles. The summed E-state index contributed by atoms with van der Waals surface area (Å²) in [5, 5.41) is 1.05. The van der Waals surface area contributed by atoms with E-state index in [1.165, 1.54) is 7.11 Å². The van der Waals surface area contributed by atoms with Gasteiger partial charge in [-0.2, -0.15) is 0 Å². The number of methoxy groups -OCH3 is 2. The number of hydrogen-bond donors (Lipinski definition) is 1. The zero-order valence-electron chi connectivity index (χ0n) is 21.8. The van der Waals surface area contributed by atoms with Crippen LogP contribution in [-0.4, -0.2) is 65.9 Å². The highest BCUT2D eigenvalue weighted by molar-refractivity contribution is 5.97. The average molecular weight is 524 g/mol. The summed E-state index contributed by atoms with van der Waals surface area (Å²) in [6.45, 7) is 0.484. The third-order valence-electron chi connectivity index (χ3n) is 7.82. The Hall–Kier alpha value is -4.59. The molecule has 0 spiro atoms. The molecule has 198 valence electrons. The third kappa shape index (κ3) is 4.31. The standard InChI is InChI=1S/C31H29N3O5/c1-38-22-13-7-19(8-14-22)15-16-33-18-27(35)34-26(30(33)36)17-24-23-5-3-4-6-25(23)32-28(24)29(34)20-9-11-21(12-10-20)31(37)39-2/h3-14,26,29,32H,15-18H2,1-2H3. The smallest absolute Gasteiger partial charge is 0.337 e. The van der Waals surface area contributed by atoms with Gasteiger partial charge in [-0.05, 0) is 53.4 Å². The molecule has 1 fully saturated rings. The van der Waals surface area contributed by atoms with Gasteiger partial charge in [-0.15, -0.1) is 0 Å².